The summed E-state index contributed by atoms with van der Waals surface area (Å²) in [5.74, 6) is 1.44. The topological polar surface area (TPSA) is 66.2 Å². The molecule has 1 amide bonds. The molecule has 0 N–H and O–H groups in total. The molecule has 0 unspecified atom stereocenters. The lowest BCUT2D eigenvalue weighted by molar-refractivity contribution is -0.127. The average molecular weight is 545 g/mol. The van der Waals surface area contributed by atoms with Gasteiger partial charge in [-0.25, -0.2) is 6.57 Å². The number of hydrogen-bond donors (Lipinski definition) is 0. The van der Waals surface area contributed by atoms with Crippen LogP contribution in [0.25, 0.3) is 15.6 Å². The molecule has 8 nitrogen and oxygen atoms in total. The van der Waals surface area contributed by atoms with Crippen molar-refractivity contribution < 1.29 is 9.53 Å². The molecule has 1 aromatic heterocycles. The lowest BCUT2D eigenvalue weighted by atomic mass is 9.96. The minimum atomic E-state index is 0.0351. The lowest BCUT2D eigenvalue weighted by Crippen LogP contribution is -2.40. The maximum atomic E-state index is 12.0. The molecule has 2 saturated heterocycles. The van der Waals surface area contributed by atoms with E-state index in [4.69, 9.17) is 32.9 Å². The molecule has 0 spiro atoms. The van der Waals surface area contributed by atoms with E-state index in [0.717, 1.165) is 78.3 Å². The van der Waals surface area contributed by atoms with Crippen LogP contribution in [0.15, 0.2) is 36.4 Å². The summed E-state index contributed by atoms with van der Waals surface area (Å²) in [4.78, 5) is 32.0. The van der Waals surface area contributed by atoms with Crippen molar-refractivity contribution in [2.24, 2.45) is 5.92 Å². The molecule has 0 bridgehead atoms. The van der Waals surface area contributed by atoms with Gasteiger partial charge in [-0.15, -0.1) is 0 Å². The normalized spacial score (nSPS) is 21.3. The van der Waals surface area contributed by atoms with E-state index in [0.29, 0.717) is 38.0 Å². The van der Waals surface area contributed by atoms with E-state index in [2.05, 4.69) is 38.9 Å². The quantitative estimate of drug-likeness (QED) is 0.408. The highest BCUT2D eigenvalue weighted by molar-refractivity contribution is 6.36. The predicted molar refractivity (Wildman–Crippen MR) is 153 cm³/mol. The van der Waals surface area contributed by atoms with Crippen LogP contribution in [-0.2, 0) is 17.8 Å². The highest BCUT2D eigenvalue weighted by Gasteiger charge is 2.31. The van der Waals surface area contributed by atoms with Crippen molar-refractivity contribution in [2.45, 2.75) is 44.7 Å². The summed E-state index contributed by atoms with van der Waals surface area (Å²) in [6, 6.07) is 12.7. The van der Waals surface area contributed by atoms with Crippen LogP contribution in [0.2, 0.25) is 5.02 Å². The van der Waals surface area contributed by atoms with E-state index in [1.807, 2.05) is 19.2 Å². The summed E-state index contributed by atoms with van der Waals surface area (Å²) in [6.45, 7) is 11.5. The predicted octanol–water partition coefficient (Wildman–Crippen LogP) is 4.98. The molecule has 0 radical (unpaired) electrons. The molecule has 3 aliphatic rings. The number of ether oxygens (including phenoxy) is 1. The molecule has 3 aliphatic heterocycles. The van der Waals surface area contributed by atoms with Gasteiger partial charge in [0.2, 0.25) is 12.5 Å². The Morgan fingerprint density at radius 1 is 1.10 bits per heavy atom. The van der Waals surface area contributed by atoms with Crippen molar-refractivity contribution in [3.8, 4) is 6.01 Å². The first-order valence-electron chi connectivity index (χ1n) is 13.8. The van der Waals surface area contributed by atoms with Gasteiger partial charge in [0.25, 0.3) is 0 Å². The Labute approximate surface area is 234 Å². The zero-order valence-corrected chi connectivity index (χ0v) is 23.0. The van der Waals surface area contributed by atoms with Crippen LogP contribution < -0.4 is 14.5 Å². The first kappa shape index (κ1) is 25.7. The van der Waals surface area contributed by atoms with E-state index in [1.165, 1.54) is 5.56 Å². The van der Waals surface area contributed by atoms with Gasteiger partial charge in [0, 0.05) is 55.7 Å². The first-order valence-corrected chi connectivity index (χ1v) is 14.2. The van der Waals surface area contributed by atoms with Gasteiger partial charge in [0.05, 0.1) is 23.3 Å². The van der Waals surface area contributed by atoms with Gasteiger partial charge in [-0.2, -0.15) is 9.97 Å². The number of benzene rings is 2. The van der Waals surface area contributed by atoms with Gasteiger partial charge in [-0.1, -0.05) is 35.9 Å². The standard InChI is InChI=1S/C30H33ClN6O2/c1-32-16-20-6-5-14-37(17-20)29-23-13-15-36(26-10-4-8-21-7-3-9-24(31)28(21)26)18-25(23)33-30(34-29)39-19-22-11-12-27(38)35(22)2/h3-4,7-10,20,22H,5-6,11-19H2,2H3/t20-,22-/m0/s1. The van der Waals surface area contributed by atoms with Gasteiger partial charge >= 0.3 is 6.01 Å². The fourth-order valence-corrected chi connectivity index (χ4v) is 6.50. The Balaban J connectivity index is 1.33. The summed E-state index contributed by atoms with van der Waals surface area (Å²) in [7, 11) is 1.83. The summed E-state index contributed by atoms with van der Waals surface area (Å²) in [5, 5.41) is 2.92. The van der Waals surface area contributed by atoms with Crippen LogP contribution in [0.5, 0.6) is 6.01 Å². The summed E-state index contributed by atoms with van der Waals surface area (Å²) in [6.07, 6.45) is 4.28. The van der Waals surface area contributed by atoms with Crippen LogP contribution in [-0.4, -0.2) is 66.7 Å². The number of amides is 1. The molecule has 2 aromatic carbocycles. The van der Waals surface area contributed by atoms with E-state index in [9.17, 15) is 4.79 Å². The summed E-state index contributed by atoms with van der Waals surface area (Å²) < 4.78 is 6.18. The molecule has 202 valence electrons. The third-order valence-electron chi connectivity index (χ3n) is 8.40. The van der Waals surface area contributed by atoms with Crippen molar-refractivity contribution in [2.75, 3.05) is 49.6 Å². The highest BCUT2D eigenvalue weighted by Crippen LogP contribution is 2.37. The van der Waals surface area contributed by atoms with E-state index in [1.54, 1.807) is 4.90 Å². The van der Waals surface area contributed by atoms with Crippen molar-refractivity contribution in [3.05, 3.63) is 64.1 Å². The summed E-state index contributed by atoms with van der Waals surface area (Å²) in [5.41, 5.74) is 3.24. The minimum absolute atomic E-state index is 0.0351. The molecule has 4 heterocycles. The Kier molecular flexibility index (Phi) is 7.18. The number of hydrogen-bond acceptors (Lipinski definition) is 6. The number of carbonyl (C=O) groups excluding carboxylic acids is 1. The molecule has 0 saturated carbocycles. The average Bonchev–Trinajstić information content (AvgIpc) is 3.28. The largest absolute Gasteiger partial charge is 0.461 e. The number of likely N-dealkylation sites (tertiary alicyclic amines) is 1. The number of fused-ring (bicyclic) bond motifs is 2. The Morgan fingerprint density at radius 3 is 2.74 bits per heavy atom. The highest BCUT2D eigenvalue weighted by atomic mass is 35.5. The molecular weight excluding hydrogens is 512 g/mol. The molecule has 3 aromatic rings. The Hall–Kier alpha value is -3.57. The number of halogens is 1. The third-order valence-corrected chi connectivity index (χ3v) is 8.72. The minimum Gasteiger partial charge on any atom is -0.461 e. The third kappa shape index (κ3) is 5.08. The SMILES string of the molecule is [C-]#[N+]C[C@@H]1CCCN(c2nc(OC[C@@H]3CCC(=O)N3C)nc3c2CCN(c2cccc4cccc(Cl)c24)C3)C1. The van der Waals surface area contributed by atoms with E-state index < -0.39 is 0 Å². The Morgan fingerprint density at radius 2 is 1.95 bits per heavy atom. The number of nitrogens with zero attached hydrogens (tertiary/aromatic N) is 6. The van der Waals surface area contributed by atoms with Crippen LogP contribution in [0.4, 0.5) is 11.5 Å². The molecule has 0 aliphatic carbocycles. The second kappa shape index (κ2) is 10.9. The molecule has 6 rings (SSSR count). The number of likely N-dealkylation sites (N-methyl/N-ethyl adjacent to an activating group) is 1. The number of aromatic nitrogens is 2. The van der Waals surface area contributed by atoms with Crippen molar-refractivity contribution >= 4 is 39.8 Å². The monoisotopic (exact) mass is 544 g/mol. The van der Waals surface area contributed by atoms with Crippen molar-refractivity contribution in [3.63, 3.8) is 0 Å². The smallest absolute Gasteiger partial charge is 0.318 e. The fourth-order valence-electron chi connectivity index (χ4n) is 6.23. The number of rotatable bonds is 6. The van der Waals surface area contributed by atoms with Gasteiger partial charge in [0.15, 0.2) is 0 Å². The zero-order valence-electron chi connectivity index (χ0n) is 22.3. The fraction of sp³-hybridized carbons (Fsp3) is 0.467. The van der Waals surface area contributed by atoms with Crippen LogP contribution in [0.1, 0.15) is 36.9 Å². The van der Waals surface area contributed by atoms with Crippen LogP contribution >= 0.6 is 11.6 Å². The second-order valence-electron chi connectivity index (χ2n) is 10.8. The van der Waals surface area contributed by atoms with Gasteiger partial charge in [-0.3, -0.25) is 4.79 Å². The molecule has 2 atom stereocenters. The molecule has 39 heavy (non-hydrogen) atoms. The molecule has 9 heteroatoms. The van der Waals surface area contributed by atoms with Crippen LogP contribution in [0, 0.1) is 12.5 Å². The van der Waals surface area contributed by atoms with Crippen molar-refractivity contribution in [1.82, 2.24) is 14.9 Å². The number of piperidine rings is 1. The number of carbonyl (C=O) groups is 1. The van der Waals surface area contributed by atoms with E-state index >= 15 is 0 Å². The van der Waals surface area contributed by atoms with E-state index in [-0.39, 0.29) is 11.9 Å². The lowest BCUT2D eigenvalue weighted by Gasteiger charge is -2.36. The van der Waals surface area contributed by atoms with Gasteiger partial charge in [0.1, 0.15) is 12.4 Å². The first-order chi connectivity index (χ1) is 19.0. The second-order valence-corrected chi connectivity index (χ2v) is 11.3. The summed E-state index contributed by atoms with van der Waals surface area (Å²) >= 11 is 6.67. The zero-order chi connectivity index (χ0) is 26.9. The van der Waals surface area contributed by atoms with Gasteiger partial charge in [-0.05, 0) is 43.2 Å². The van der Waals surface area contributed by atoms with Crippen molar-refractivity contribution in [1.29, 1.82) is 0 Å². The van der Waals surface area contributed by atoms with Crippen LogP contribution in [0.3, 0.4) is 0 Å². The van der Waals surface area contributed by atoms with Gasteiger partial charge < -0.3 is 24.3 Å². The maximum absolute atomic E-state index is 12.0. The molecular formula is C30H33ClN6O2. The Bertz CT molecular complexity index is 1430. The molecule has 2 fully saturated rings. The maximum Gasteiger partial charge on any atom is 0.318 e. The number of anilines is 2.